The number of hydrogen-bond donors (Lipinski definition) is 0. The first kappa shape index (κ1) is 30.4. The number of benzene rings is 2. The van der Waals surface area contributed by atoms with Crippen LogP contribution in [0.5, 0.6) is 0 Å². The molecule has 1 atom stereocenters. The summed E-state index contributed by atoms with van der Waals surface area (Å²) in [7, 11) is 0. The molecule has 2 aliphatic rings. The Morgan fingerprint density at radius 1 is 0.895 bits per heavy atom. The van der Waals surface area contributed by atoms with Crippen LogP contribution in [0, 0.1) is 11.8 Å². The maximum atomic E-state index is 12.7. The average molecular weight is 519 g/mol. The van der Waals surface area contributed by atoms with Crippen molar-refractivity contribution in [3.05, 3.63) is 76.9 Å². The third kappa shape index (κ3) is 10.5. The molecule has 38 heavy (non-hydrogen) atoms. The van der Waals surface area contributed by atoms with Crippen LogP contribution in [-0.2, 0) is 24.0 Å². The highest BCUT2D eigenvalue weighted by atomic mass is 16.5. The van der Waals surface area contributed by atoms with Crippen molar-refractivity contribution in [2.75, 3.05) is 13.2 Å². The Morgan fingerprint density at radius 2 is 1.61 bits per heavy atom. The lowest BCUT2D eigenvalue weighted by Crippen LogP contribution is -2.18. The van der Waals surface area contributed by atoms with Gasteiger partial charge in [-0.1, -0.05) is 114 Å². The van der Waals surface area contributed by atoms with Crippen molar-refractivity contribution < 1.29 is 11.0 Å². The molecule has 2 aromatic rings. The zero-order chi connectivity index (χ0) is 27.0. The summed E-state index contributed by atoms with van der Waals surface area (Å²) < 4.78 is 5.20. The van der Waals surface area contributed by atoms with E-state index in [2.05, 4.69) is 38.6 Å². The maximum absolute atomic E-state index is 12.7. The molecule has 1 aliphatic heterocycles. The minimum Gasteiger partial charge on any atom is -0.381 e. The lowest BCUT2D eigenvalue weighted by atomic mass is 9.80. The first-order valence-corrected chi connectivity index (χ1v) is 15.6. The van der Waals surface area contributed by atoms with Gasteiger partial charge >= 0.3 is 0 Å². The Hall–Kier alpha value is -2.19. The van der Waals surface area contributed by atoms with Crippen LogP contribution in [0.1, 0.15) is 125 Å². The van der Waals surface area contributed by atoms with Crippen molar-refractivity contribution >= 4 is 11.9 Å². The van der Waals surface area contributed by atoms with E-state index in [1.807, 2.05) is 30.3 Å². The summed E-state index contributed by atoms with van der Waals surface area (Å²) in [5.41, 5.74) is 6.37. The molecule has 1 fully saturated rings. The number of unbranched alkanes of at least 4 members (excludes halogenated alkanes) is 6. The van der Waals surface area contributed by atoms with E-state index >= 15 is 0 Å². The van der Waals surface area contributed by atoms with Crippen molar-refractivity contribution in [1.29, 1.82) is 0 Å². The lowest BCUT2D eigenvalue weighted by molar-refractivity contribution is 0.0654. The zero-order valence-electron chi connectivity index (χ0n) is 24.3. The summed E-state index contributed by atoms with van der Waals surface area (Å²) in [6.45, 7) is 10.3. The number of ether oxygens (including phenoxy) is 1. The molecule has 0 radical (unpaired) electrons. The van der Waals surface area contributed by atoms with Gasteiger partial charge in [-0.3, -0.25) is 4.79 Å². The first-order chi connectivity index (χ1) is 18.6. The lowest BCUT2D eigenvalue weighted by Gasteiger charge is -2.25. The number of aryl methyl sites for hydroxylation is 2. The fourth-order valence-electron chi connectivity index (χ4n) is 5.84. The zero-order valence-corrected chi connectivity index (χ0v) is 24.3. The summed E-state index contributed by atoms with van der Waals surface area (Å²) in [5, 5.41) is 0. The van der Waals surface area contributed by atoms with Gasteiger partial charge in [-0.25, -0.2) is 0 Å². The van der Waals surface area contributed by atoms with Gasteiger partial charge in [0.25, 0.3) is 0 Å². The molecule has 0 aromatic heterocycles. The van der Waals surface area contributed by atoms with Gasteiger partial charge in [0, 0.05) is 26.6 Å². The second-order valence-electron chi connectivity index (χ2n) is 11.5. The van der Waals surface area contributed by atoms with Crippen LogP contribution in [0.3, 0.4) is 0 Å². The van der Waals surface area contributed by atoms with Gasteiger partial charge < -0.3 is 4.74 Å². The van der Waals surface area contributed by atoms with Crippen molar-refractivity contribution in [2.24, 2.45) is 11.8 Å². The molecule has 1 saturated heterocycles. The van der Waals surface area contributed by atoms with Crippen LogP contribution in [-0.4, -0.2) is 19.0 Å². The molecule has 2 nitrogen and oxygen atoms in total. The molecular weight excluding hydrogens is 464 g/mol. The number of carbonyl (C=O) groups is 1. The van der Waals surface area contributed by atoms with E-state index in [9.17, 15) is 4.79 Å². The fourth-order valence-corrected chi connectivity index (χ4v) is 5.84. The predicted molar refractivity (Wildman–Crippen MR) is 165 cm³/mol. The van der Waals surface area contributed by atoms with Gasteiger partial charge in [-0.15, -0.1) is 0 Å². The summed E-state index contributed by atoms with van der Waals surface area (Å²) >= 11 is 0. The molecule has 0 N–H and O–H groups in total. The number of rotatable bonds is 13. The monoisotopic (exact) mass is 518 g/mol. The summed E-state index contributed by atoms with van der Waals surface area (Å²) in [5.74, 6) is 1.71. The molecule has 1 aliphatic carbocycles. The summed E-state index contributed by atoms with van der Waals surface area (Å²) in [6.07, 6.45) is 20.5. The summed E-state index contributed by atoms with van der Waals surface area (Å²) in [4.78, 5) is 12.7. The van der Waals surface area contributed by atoms with Crippen molar-refractivity contribution in [3.63, 3.8) is 0 Å². The fraction of sp³-hybridized carbons (Fsp3) is 0.583. The highest BCUT2D eigenvalue weighted by Gasteiger charge is 2.22. The largest absolute Gasteiger partial charge is 0.381 e. The van der Waals surface area contributed by atoms with Gasteiger partial charge in [0.15, 0.2) is 5.78 Å². The van der Waals surface area contributed by atoms with E-state index < -0.39 is 0 Å². The Bertz CT molecular complexity index is 959. The first-order valence-electron chi connectivity index (χ1n) is 15.6. The molecule has 0 unspecified atom stereocenters. The molecule has 210 valence electrons. The van der Waals surface area contributed by atoms with Crippen LogP contribution in [0.4, 0.5) is 0 Å². The normalized spacial score (nSPS) is 17.3. The second kappa shape index (κ2) is 17.4. The van der Waals surface area contributed by atoms with E-state index in [1.54, 1.807) is 0 Å². The maximum Gasteiger partial charge on any atom is 0.163 e. The Kier molecular flexibility index (Phi) is 13.9. The molecule has 0 spiro atoms. The van der Waals surface area contributed by atoms with Gasteiger partial charge in [0.05, 0.1) is 0 Å². The van der Waals surface area contributed by atoms with Gasteiger partial charge in [-0.2, -0.15) is 0 Å². The quantitative estimate of drug-likeness (QED) is 0.195. The highest BCUT2D eigenvalue weighted by Crippen LogP contribution is 2.30. The average Bonchev–Trinajstić information content (AvgIpc) is 2.97. The van der Waals surface area contributed by atoms with Crippen LogP contribution in [0.25, 0.3) is 6.08 Å². The molecule has 0 amide bonds. The Balaban J connectivity index is 0.000000508. The third-order valence-electron chi connectivity index (χ3n) is 8.53. The van der Waals surface area contributed by atoms with E-state index in [-0.39, 0.29) is 7.21 Å². The topological polar surface area (TPSA) is 26.3 Å². The standard InChI is InChI=1S/C29H38O.C7H14O.H2/c1-3-5-6-7-8-9-10-11-24-14-18-28-21-25(15-19-27(28)20-24)22-29(30)26-16-12-23(4-2)13-17-26;1-2-7-3-5-8-6-4-7;/h4,12-14,16-18,20,25H,2-3,5-11,15,19,21-22H2,1H3;7H,2-6H2,1H3;1H/t25-;;/m0../s1. The van der Waals surface area contributed by atoms with Gasteiger partial charge in [0.1, 0.15) is 0 Å². The van der Waals surface area contributed by atoms with Crippen LogP contribution >= 0.6 is 0 Å². The Morgan fingerprint density at radius 3 is 2.26 bits per heavy atom. The van der Waals surface area contributed by atoms with Gasteiger partial charge in [0.2, 0.25) is 0 Å². The molecule has 0 saturated carbocycles. The van der Waals surface area contributed by atoms with Crippen molar-refractivity contribution in [1.82, 2.24) is 0 Å². The van der Waals surface area contributed by atoms with E-state index in [4.69, 9.17) is 4.74 Å². The number of ketones is 1. The van der Waals surface area contributed by atoms with E-state index in [1.165, 1.54) is 87.3 Å². The number of fused-ring (bicyclic) bond motifs is 1. The van der Waals surface area contributed by atoms with Gasteiger partial charge in [-0.05, 0) is 79.0 Å². The predicted octanol–water partition coefficient (Wildman–Crippen LogP) is 10.1. The number of Topliss-reactive ketones (excluding diaryl/α,β-unsaturated/α-hetero) is 1. The van der Waals surface area contributed by atoms with E-state index in [0.717, 1.165) is 49.5 Å². The van der Waals surface area contributed by atoms with Crippen molar-refractivity contribution in [3.8, 4) is 0 Å². The minimum absolute atomic E-state index is 0. The molecule has 2 heteroatoms. The molecule has 1 heterocycles. The highest BCUT2D eigenvalue weighted by molar-refractivity contribution is 5.96. The molecule has 4 rings (SSSR count). The Labute approximate surface area is 234 Å². The SMILES string of the molecule is C=Cc1ccc(C(=O)C[C@H]2CCc3cc(CCCCCCCCC)ccc3C2)cc1.CCC1CCOCC1.[HH]. The van der Waals surface area contributed by atoms with Crippen LogP contribution in [0.2, 0.25) is 0 Å². The van der Waals surface area contributed by atoms with Crippen LogP contribution < -0.4 is 0 Å². The summed E-state index contributed by atoms with van der Waals surface area (Å²) in [6, 6.07) is 14.9. The molecule has 0 bridgehead atoms. The van der Waals surface area contributed by atoms with Crippen molar-refractivity contribution in [2.45, 2.75) is 110 Å². The number of hydrogen-bond acceptors (Lipinski definition) is 2. The number of carbonyl (C=O) groups excluding carboxylic acids is 1. The second-order valence-corrected chi connectivity index (χ2v) is 11.5. The molecular formula is C36H54O2. The molecule has 2 aromatic carbocycles. The van der Waals surface area contributed by atoms with E-state index in [0.29, 0.717) is 12.3 Å². The minimum atomic E-state index is 0. The third-order valence-corrected chi connectivity index (χ3v) is 8.53. The van der Waals surface area contributed by atoms with Crippen LogP contribution in [0.15, 0.2) is 49.0 Å². The smallest absolute Gasteiger partial charge is 0.163 e.